The first-order valence-corrected chi connectivity index (χ1v) is 5.24. The second kappa shape index (κ2) is 4.77. The molecule has 2 nitrogen and oxygen atoms in total. The number of ether oxygens (including phenoxy) is 2. The van der Waals surface area contributed by atoms with Crippen LogP contribution in [-0.2, 0) is 9.47 Å². The van der Waals surface area contributed by atoms with Crippen molar-refractivity contribution in [1.82, 2.24) is 0 Å². The third-order valence-electron chi connectivity index (χ3n) is 2.38. The van der Waals surface area contributed by atoms with E-state index >= 15 is 0 Å². The highest BCUT2D eigenvalue weighted by Gasteiger charge is 2.37. The van der Waals surface area contributed by atoms with E-state index in [0.29, 0.717) is 0 Å². The molecule has 1 fully saturated rings. The SMILES string of the molecule is CC.CC1=CCCC2(C1)OCCO2. The lowest BCUT2D eigenvalue weighted by Gasteiger charge is -2.30. The van der Waals surface area contributed by atoms with E-state index in [2.05, 4.69) is 13.0 Å². The molecule has 0 amide bonds. The summed E-state index contributed by atoms with van der Waals surface area (Å²) in [5.41, 5.74) is 1.40. The molecule has 0 unspecified atom stereocenters. The van der Waals surface area contributed by atoms with Gasteiger partial charge in [0.25, 0.3) is 0 Å². The Balaban J connectivity index is 0.000000396. The van der Waals surface area contributed by atoms with Gasteiger partial charge in [-0.15, -0.1) is 0 Å². The molecule has 13 heavy (non-hydrogen) atoms. The Morgan fingerprint density at radius 1 is 1.23 bits per heavy atom. The van der Waals surface area contributed by atoms with Crippen LogP contribution in [-0.4, -0.2) is 19.0 Å². The monoisotopic (exact) mass is 184 g/mol. The normalized spacial score (nSPS) is 25.0. The van der Waals surface area contributed by atoms with E-state index in [-0.39, 0.29) is 5.79 Å². The Hall–Kier alpha value is -0.340. The van der Waals surface area contributed by atoms with Crippen molar-refractivity contribution in [2.24, 2.45) is 0 Å². The van der Waals surface area contributed by atoms with E-state index in [1.807, 2.05) is 13.8 Å². The molecule has 0 aromatic rings. The average molecular weight is 184 g/mol. The Morgan fingerprint density at radius 3 is 2.38 bits per heavy atom. The zero-order chi connectivity index (χ0) is 9.73. The van der Waals surface area contributed by atoms with Crippen molar-refractivity contribution in [3.8, 4) is 0 Å². The predicted octanol–water partition coefficient (Wildman–Crippen LogP) is 2.89. The summed E-state index contributed by atoms with van der Waals surface area (Å²) in [4.78, 5) is 0. The van der Waals surface area contributed by atoms with Crippen LogP contribution in [0.2, 0.25) is 0 Å². The first-order valence-electron chi connectivity index (χ1n) is 5.24. The zero-order valence-corrected chi connectivity index (χ0v) is 8.93. The third-order valence-corrected chi connectivity index (χ3v) is 2.38. The molecule has 0 N–H and O–H groups in total. The van der Waals surface area contributed by atoms with E-state index in [9.17, 15) is 0 Å². The Bertz CT molecular complexity index is 179. The molecule has 1 aliphatic carbocycles. The van der Waals surface area contributed by atoms with Crippen molar-refractivity contribution in [3.05, 3.63) is 11.6 Å². The molecule has 2 heteroatoms. The van der Waals surface area contributed by atoms with Crippen molar-refractivity contribution >= 4 is 0 Å². The maximum absolute atomic E-state index is 5.59. The van der Waals surface area contributed by atoms with Gasteiger partial charge in [-0.25, -0.2) is 0 Å². The Kier molecular flexibility index (Phi) is 3.94. The minimum atomic E-state index is -0.223. The summed E-state index contributed by atoms with van der Waals surface area (Å²) in [7, 11) is 0. The number of allylic oxidation sites excluding steroid dienone is 1. The topological polar surface area (TPSA) is 18.5 Å². The van der Waals surface area contributed by atoms with Crippen molar-refractivity contribution in [2.45, 2.75) is 45.8 Å². The van der Waals surface area contributed by atoms with Crippen LogP contribution in [0.4, 0.5) is 0 Å². The van der Waals surface area contributed by atoms with Gasteiger partial charge in [-0.1, -0.05) is 25.5 Å². The minimum Gasteiger partial charge on any atom is -0.347 e. The van der Waals surface area contributed by atoms with Gasteiger partial charge >= 0.3 is 0 Å². The number of rotatable bonds is 0. The fraction of sp³-hybridized carbons (Fsp3) is 0.818. The summed E-state index contributed by atoms with van der Waals surface area (Å²) in [5.74, 6) is -0.223. The zero-order valence-electron chi connectivity index (χ0n) is 8.93. The van der Waals surface area contributed by atoms with Crippen molar-refractivity contribution in [2.75, 3.05) is 13.2 Å². The fourth-order valence-electron chi connectivity index (χ4n) is 1.87. The fourth-order valence-corrected chi connectivity index (χ4v) is 1.87. The molecule has 2 rings (SSSR count). The van der Waals surface area contributed by atoms with Crippen molar-refractivity contribution in [1.29, 1.82) is 0 Å². The molecule has 2 aliphatic rings. The molecule has 76 valence electrons. The maximum atomic E-state index is 5.59. The van der Waals surface area contributed by atoms with Crippen molar-refractivity contribution < 1.29 is 9.47 Å². The van der Waals surface area contributed by atoms with Crippen LogP contribution in [0.15, 0.2) is 11.6 Å². The Morgan fingerprint density at radius 2 is 1.85 bits per heavy atom. The molecule has 0 atom stereocenters. The molecule has 0 radical (unpaired) electrons. The molecule has 1 heterocycles. The lowest BCUT2D eigenvalue weighted by Crippen LogP contribution is -2.32. The van der Waals surface area contributed by atoms with Gasteiger partial charge in [0, 0.05) is 12.8 Å². The molecule has 1 aliphatic heterocycles. The first-order chi connectivity index (χ1) is 6.31. The molecule has 0 aromatic carbocycles. The second-order valence-electron chi connectivity index (χ2n) is 3.37. The molecular weight excluding hydrogens is 164 g/mol. The smallest absolute Gasteiger partial charge is 0.172 e. The van der Waals surface area contributed by atoms with E-state index < -0.39 is 0 Å². The van der Waals surface area contributed by atoms with Gasteiger partial charge in [0.05, 0.1) is 13.2 Å². The van der Waals surface area contributed by atoms with Crippen LogP contribution >= 0.6 is 0 Å². The van der Waals surface area contributed by atoms with E-state index in [4.69, 9.17) is 9.47 Å². The summed E-state index contributed by atoms with van der Waals surface area (Å²) in [5, 5.41) is 0. The maximum Gasteiger partial charge on any atom is 0.172 e. The minimum absolute atomic E-state index is 0.223. The second-order valence-corrected chi connectivity index (χ2v) is 3.37. The van der Waals surface area contributed by atoms with Gasteiger partial charge in [-0.2, -0.15) is 0 Å². The summed E-state index contributed by atoms with van der Waals surface area (Å²) < 4.78 is 11.2. The Labute approximate surface area is 80.9 Å². The first kappa shape index (κ1) is 10.7. The summed E-state index contributed by atoms with van der Waals surface area (Å²) >= 11 is 0. The van der Waals surface area contributed by atoms with Crippen LogP contribution in [0, 0.1) is 0 Å². The largest absolute Gasteiger partial charge is 0.347 e. The van der Waals surface area contributed by atoms with Crippen LogP contribution in [0.25, 0.3) is 0 Å². The van der Waals surface area contributed by atoms with E-state index in [1.54, 1.807) is 0 Å². The molecular formula is C11H20O2. The molecule has 0 bridgehead atoms. The molecule has 0 saturated carbocycles. The van der Waals surface area contributed by atoms with Crippen molar-refractivity contribution in [3.63, 3.8) is 0 Å². The van der Waals surface area contributed by atoms with Gasteiger partial charge in [-0.05, 0) is 13.3 Å². The standard InChI is InChI=1S/C9H14O2.C2H6/c1-8-3-2-4-9(7-8)10-5-6-11-9;1-2/h3H,2,4-7H2,1H3;1-2H3. The van der Waals surface area contributed by atoms with Gasteiger partial charge < -0.3 is 9.47 Å². The van der Waals surface area contributed by atoms with Gasteiger partial charge in [0.2, 0.25) is 0 Å². The quantitative estimate of drug-likeness (QED) is 0.539. The highest BCUT2D eigenvalue weighted by Crippen LogP contribution is 2.35. The highest BCUT2D eigenvalue weighted by molar-refractivity contribution is 5.07. The lowest BCUT2D eigenvalue weighted by molar-refractivity contribution is -0.162. The van der Waals surface area contributed by atoms with Crippen LogP contribution < -0.4 is 0 Å². The molecule has 0 aromatic heterocycles. The van der Waals surface area contributed by atoms with Crippen LogP contribution in [0.1, 0.15) is 40.0 Å². The molecule has 1 saturated heterocycles. The molecule has 1 spiro atoms. The van der Waals surface area contributed by atoms with Gasteiger partial charge in [0.1, 0.15) is 0 Å². The van der Waals surface area contributed by atoms with E-state index in [0.717, 1.165) is 32.5 Å². The van der Waals surface area contributed by atoms with Gasteiger partial charge in [-0.3, -0.25) is 0 Å². The van der Waals surface area contributed by atoms with Gasteiger partial charge in [0.15, 0.2) is 5.79 Å². The van der Waals surface area contributed by atoms with Crippen LogP contribution in [0.5, 0.6) is 0 Å². The number of hydrogen-bond acceptors (Lipinski definition) is 2. The summed E-state index contributed by atoms with van der Waals surface area (Å²) in [6, 6.07) is 0. The average Bonchev–Trinajstić information content (AvgIpc) is 2.56. The highest BCUT2D eigenvalue weighted by atomic mass is 16.7. The predicted molar refractivity (Wildman–Crippen MR) is 53.6 cm³/mol. The van der Waals surface area contributed by atoms with E-state index in [1.165, 1.54) is 5.57 Å². The third kappa shape index (κ3) is 2.55. The number of hydrogen-bond donors (Lipinski definition) is 0. The lowest BCUT2D eigenvalue weighted by atomic mass is 9.95. The summed E-state index contributed by atoms with van der Waals surface area (Å²) in [6.07, 6.45) is 5.37. The summed E-state index contributed by atoms with van der Waals surface area (Å²) in [6.45, 7) is 7.69. The van der Waals surface area contributed by atoms with Crippen LogP contribution in [0.3, 0.4) is 0 Å².